The summed E-state index contributed by atoms with van der Waals surface area (Å²) in [7, 11) is 0. The van der Waals surface area contributed by atoms with Gasteiger partial charge >= 0.3 is 5.97 Å². The Morgan fingerprint density at radius 3 is 2.88 bits per heavy atom. The third-order valence-corrected chi connectivity index (χ3v) is 3.61. The molecular weight excluding hydrogens is 200 g/mol. The molecule has 0 aromatic heterocycles. The second kappa shape index (κ2) is 3.47. The molecule has 0 spiro atoms. The van der Waals surface area contributed by atoms with Crippen molar-refractivity contribution < 1.29 is 9.53 Å². The van der Waals surface area contributed by atoms with Crippen molar-refractivity contribution in [1.82, 2.24) is 0 Å². The van der Waals surface area contributed by atoms with Crippen molar-refractivity contribution in [3.05, 3.63) is 23.8 Å². The molecule has 2 nitrogen and oxygen atoms in total. The van der Waals surface area contributed by atoms with Gasteiger partial charge in [0, 0.05) is 12.8 Å². The molecule has 0 radical (unpaired) electrons. The Bertz CT molecular complexity index is 376. The number of carbonyl (C=O) groups excluding carboxylic acids is 1. The number of ether oxygens (including phenoxy) is 1. The second-order valence-corrected chi connectivity index (χ2v) is 5.86. The van der Waals surface area contributed by atoms with Crippen LogP contribution in [-0.2, 0) is 9.53 Å². The summed E-state index contributed by atoms with van der Waals surface area (Å²) in [5.74, 6) is 0.355. The summed E-state index contributed by atoms with van der Waals surface area (Å²) in [6.07, 6.45) is 9.00. The standard InChI is InChI=1S/C14H20O2/c1-10(15)16-13(2,3)8-11-9-14(4)7-5-6-12(11)14/h5-6,8,12H,7,9H2,1-4H3/t12-,14-/m0/s1. The maximum atomic E-state index is 11.0. The molecule has 2 aliphatic carbocycles. The molecule has 0 bridgehead atoms. The maximum absolute atomic E-state index is 11.0. The van der Waals surface area contributed by atoms with Gasteiger partial charge in [0.2, 0.25) is 0 Å². The van der Waals surface area contributed by atoms with Crippen LogP contribution in [0.5, 0.6) is 0 Å². The Morgan fingerprint density at radius 2 is 2.31 bits per heavy atom. The average Bonchev–Trinajstić information content (AvgIpc) is 2.36. The summed E-state index contributed by atoms with van der Waals surface area (Å²) in [6.45, 7) is 7.67. The number of hydrogen-bond acceptors (Lipinski definition) is 2. The van der Waals surface area contributed by atoms with Gasteiger partial charge in [-0.1, -0.05) is 24.6 Å². The molecule has 2 rings (SSSR count). The van der Waals surface area contributed by atoms with Crippen LogP contribution in [0.2, 0.25) is 0 Å². The zero-order chi connectivity index (χ0) is 12.0. The molecule has 1 saturated carbocycles. The summed E-state index contributed by atoms with van der Waals surface area (Å²) in [5, 5.41) is 0. The third-order valence-electron chi connectivity index (χ3n) is 3.61. The van der Waals surface area contributed by atoms with E-state index in [1.54, 1.807) is 0 Å². The van der Waals surface area contributed by atoms with Crippen LogP contribution in [0.4, 0.5) is 0 Å². The van der Waals surface area contributed by atoms with Gasteiger partial charge in [0.1, 0.15) is 5.60 Å². The van der Waals surface area contributed by atoms with Crippen LogP contribution in [-0.4, -0.2) is 11.6 Å². The normalized spacial score (nSPS) is 34.8. The molecule has 0 N–H and O–H groups in total. The van der Waals surface area contributed by atoms with Gasteiger partial charge in [-0.15, -0.1) is 0 Å². The van der Waals surface area contributed by atoms with E-state index in [2.05, 4.69) is 25.2 Å². The second-order valence-electron chi connectivity index (χ2n) is 5.86. The lowest BCUT2D eigenvalue weighted by atomic mass is 9.59. The zero-order valence-corrected chi connectivity index (χ0v) is 10.5. The largest absolute Gasteiger partial charge is 0.456 e. The molecule has 88 valence electrons. The van der Waals surface area contributed by atoms with Crippen molar-refractivity contribution in [2.24, 2.45) is 11.3 Å². The van der Waals surface area contributed by atoms with E-state index in [1.807, 2.05) is 13.8 Å². The maximum Gasteiger partial charge on any atom is 0.303 e. The lowest BCUT2D eigenvalue weighted by Gasteiger charge is -2.46. The molecule has 0 unspecified atom stereocenters. The van der Waals surface area contributed by atoms with Gasteiger partial charge in [-0.25, -0.2) is 0 Å². The van der Waals surface area contributed by atoms with Crippen LogP contribution in [0.15, 0.2) is 23.8 Å². The topological polar surface area (TPSA) is 26.3 Å². The fraction of sp³-hybridized carbons (Fsp3) is 0.643. The minimum Gasteiger partial charge on any atom is -0.456 e. The SMILES string of the molecule is CC(=O)OC(C)(C)C=C1C[C@]2(C)CC=C[C@@H]12. The summed E-state index contributed by atoms with van der Waals surface area (Å²) < 4.78 is 5.29. The Hall–Kier alpha value is -1.05. The first kappa shape index (κ1) is 11.4. The fourth-order valence-corrected chi connectivity index (χ4v) is 3.02. The van der Waals surface area contributed by atoms with Crippen molar-refractivity contribution in [1.29, 1.82) is 0 Å². The van der Waals surface area contributed by atoms with E-state index in [9.17, 15) is 4.79 Å². The summed E-state index contributed by atoms with van der Waals surface area (Å²) in [5.41, 5.74) is 1.39. The van der Waals surface area contributed by atoms with E-state index in [0.717, 1.165) is 6.42 Å². The van der Waals surface area contributed by atoms with E-state index in [-0.39, 0.29) is 5.97 Å². The van der Waals surface area contributed by atoms with Crippen molar-refractivity contribution in [3.8, 4) is 0 Å². The van der Waals surface area contributed by atoms with Crippen LogP contribution in [0.3, 0.4) is 0 Å². The van der Waals surface area contributed by atoms with Gasteiger partial charge in [-0.05, 0) is 38.2 Å². The number of rotatable bonds is 2. The predicted octanol–water partition coefficient (Wildman–Crippen LogP) is 3.24. The number of hydrogen-bond donors (Lipinski definition) is 0. The first-order chi connectivity index (χ1) is 7.32. The Morgan fingerprint density at radius 1 is 1.62 bits per heavy atom. The van der Waals surface area contributed by atoms with E-state index in [1.165, 1.54) is 18.9 Å². The third kappa shape index (κ3) is 1.93. The highest BCUT2D eigenvalue weighted by Gasteiger charge is 2.47. The molecule has 2 heteroatoms. The highest BCUT2D eigenvalue weighted by molar-refractivity contribution is 5.66. The molecule has 0 heterocycles. The van der Waals surface area contributed by atoms with E-state index in [4.69, 9.17) is 4.74 Å². The summed E-state index contributed by atoms with van der Waals surface area (Å²) >= 11 is 0. The van der Waals surface area contributed by atoms with E-state index >= 15 is 0 Å². The molecule has 0 saturated heterocycles. The van der Waals surface area contributed by atoms with Crippen LogP contribution in [0, 0.1) is 11.3 Å². The number of allylic oxidation sites excluding steroid dienone is 3. The molecule has 0 aromatic rings. The van der Waals surface area contributed by atoms with E-state index in [0.29, 0.717) is 11.3 Å². The van der Waals surface area contributed by atoms with E-state index < -0.39 is 5.60 Å². The minimum absolute atomic E-state index is 0.217. The smallest absolute Gasteiger partial charge is 0.303 e. The monoisotopic (exact) mass is 220 g/mol. The predicted molar refractivity (Wildman–Crippen MR) is 63.9 cm³/mol. The lowest BCUT2D eigenvalue weighted by molar-refractivity contribution is -0.149. The number of fused-ring (bicyclic) bond motifs is 1. The molecular formula is C14H20O2. The lowest BCUT2D eigenvalue weighted by Crippen LogP contribution is -2.37. The van der Waals surface area contributed by atoms with Crippen LogP contribution >= 0.6 is 0 Å². The summed E-state index contributed by atoms with van der Waals surface area (Å²) in [4.78, 5) is 11.0. The van der Waals surface area contributed by atoms with Crippen LogP contribution < -0.4 is 0 Å². The average molecular weight is 220 g/mol. The van der Waals surface area contributed by atoms with Crippen LogP contribution in [0.1, 0.15) is 40.5 Å². The fourth-order valence-electron chi connectivity index (χ4n) is 3.02. The Balaban J connectivity index is 2.09. The van der Waals surface area contributed by atoms with Gasteiger partial charge in [-0.3, -0.25) is 4.79 Å². The van der Waals surface area contributed by atoms with Gasteiger partial charge in [0.05, 0.1) is 0 Å². The zero-order valence-electron chi connectivity index (χ0n) is 10.5. The molecule has 1 fully saturated rings. The molecule has 0 aliphatic heterocycles. The van der Waals surface area contributed by atoms with Gasteiger partial charge < -0.3 is 4.74 Å². The molecule has 16 heavy (non-hydrogen) atoms. The van der Waals surface area contributed by atoms with Gasteiger partial charge in [-0.2, -0.15) is 0 Å². The first-order valence-electron chi connectivity index (χ1n) is 5.90. The molecule has 0 aromatic carbocycles. The Labute approximate surface area is 97.4 Å². The van der Waals surface area contributed by atoms with Crippen molar-refractivity contribution in [2.45, 2.75) is 46.1 Å². The highest BCUT2D eigenvalue weighted by atomic mass is 16.6. The van der Waals surface area contributed by atoms with Crippen molar-refractivity contribution >= 4 is 5.97 Å². The highest BCUT2D eigenvalue weighted by Crippen LogP contribution is 2.57. The van der Waals surface area contributed by atoms with Crippen LogP contribution in [0.25, 0.3) is 0 Å². The van der Waals surface area contributed by atoms with Crippen molar-refractivity contribution in [3.63, 3.8) is 0 Å². The quantitative estimate of drug-likeness (QED) is 0.527. The number of carbonyl (C=O) groups is 1. The first-order valence-corrected chi connectivity index (χ1v) is 5.90. The minimum atomic E-state index is -0.473. The molecule has 2 aliphatic rings. The number of esters is 1. The van der Waals surface area contributed by atoms with Gasteiger partial charge in [0.25, 0.3) is 0 Å². The molecule has 2 atom stereocenters. The Kier molecular flexibility index (Phi) is 2.48. The van der Waals surface area contributed by atoms with Crippen molar-refractivity contribution in [2.75, 3.05) is 0 Å². The van der Waals surface area contributed by atoms with Gasteiger partial charge in [0.15, 0.2) is 0 Å². The summed E-state index contributed by atoms with van der Waals surface area (Å²) in [6, 6.07) is 0. The molecule has 0 amide bonds.